The number of hydrogen-bond acceptors (Lipinski definition) is 3. The van der Waals surface area contributed by atoms with Crippen LogP contribution in [0.2, 0.25) is 0 Å². The third-order valence-corrected chi connectivity index (χ3v) is 2.56. The van der Waals surface area contributed by atoms with Gasteiger partial charge in [0.05, 0.1) is 12.5 Å². The molecule has 1 aromatic heterocycles. The zero-order chi connectivity index (χ0) is 12.1. The Morgan fingerprint density at radius 1 is 1.38 bits per heavy atom. The van der Waals surface area contributed by atoms with Gasteiger partial charge >= 0.3 is 0 Å². The number of carbonyl (C=O) groups is 2. The average Bonchev–Trinajstić information content (AvgIpc) is 2.27. The Morgan fingerprint density at radius 3 is 2.44 bits per heavy atom. The zero-order valence-electron chi connectivity index (χ0n) is 9.80. The van der Waals surface area contributed by atoms with Crippen molar-refractivity contribution in [3.63, 3.8) is 0 Å². The van der Waals surface area contributed by atoms with Crippen molar-refractivity contribution < 1.29 is 9.59 Å². The highest BCUT2D eigenvalue weighted by Gasteiger charge is 2.18. The summed E-state index contributed by atoms with van der Waals surface area (Å²) < 4.78 is 0. The van der Waals surface area contributed by atoms with E-state index >= 15 is 0 Å². The van der Waals surface area contributed by atoms with Gasteiger partial charge in [0, 0.05) is 19.4 Å². The van der Waals surface area contributed by atoms with Crippen molar-refractivity contribution in [1.82, 2.24) is 9.88 Å². The fraction of sp³-hybridized carbons (Fsp3) is 0.417. The number of Topliss-reactive ketones (excluding diaryl/α,β-unsaturated/α-hetero) is 1. The van der Waals surface area contributed by atoms with Gasteiger partial charge in [0.2, 0.25) is 5.91 Å². The molecule has 0 aliphatic heterocycles. The molecule has 0 bridgehead atoms. The molecule has 1 unspecified atom stereocenters. The number of pyridine rings is 1. The minimum atomic E-state index is -0.156. The van der Waals surface area contributed by atoms with Crippen molar-refractivity contribution in [1.29, 1.82) is 0 Å². The van der Waals surface area contributed by atoms with E-state index < -0.39 is 0 Å². The van der Waals surface area contributed by atoms with E-state index in [1.807, 2.05) is 19.1 Å². The summed E-state index contributed by atoms with van der Waals surface area (Å²) in [6.07, 6.45) is 3.34. The number of carbonyl (C=O) groups excluding carboxylic acids is 2. The highest BCUT2D eigenvalue weighted by Crippen LogP contribution is 2.18. The van der Waals surface area contributed by atoms with Crippen LogP contribution in [0.4, 0.5) is 0 Å². The van der Waals surface area contributed by atoms with Gasteiger partial charge < -0.3 is 4.90 Å². The highest BCUT2D eigenvalue weighted by molar-refractivity contribution is 5.96. The number of nitrogens with zero attached hydrogens (tertiary/aromatic N) is 2. The number of aromatic nitrogens is 1. The van der Waals surface area contributed by atoms with Crippen LogP contribution >= 0.6 is 0 Å². The van der Waals surface area contributed by atoms with E-state index in [0.717, 1.165) is 5.56 Å². The molecule has 0 N–H and O–H groups in total. The lowest BCUT2D eigenvalue weighted by molar-refractivity contribution is -0.135. The number of amides is 1. The van der Waals surface area contributed by atoms with Crippen LogP contribution in [-0.2, 0) is 9.59 Å². The Balaban J connectivity index is 2.71. The van der Waals surface area contributed by atoms with Crippen molar-refractivity contribution in [2.24, 2.45) is 0 Å². The van der Waals surface area contributed by atoms with E-state index in [9.17, 15) is 9.59 Å². The van der Waals surface area contributed by atoms with E-state index in [2.05, 4.69) is 4.98 Å². The van der Waals surface area contributed by atoms with E-state index in [1.165, 1.54) is 6.92 Å². The van der Waals surface area contributed by atoms with Crippen LogP contribution < -0.4 is 0 Å². The predicted octanol–water partition coefficient (Wildman–Crippen LogP) is 1.58. The van der Waals surface area contributed by atoms with Crippen molar-refractivity contribution in [3.8, 4) is 0 Å². The summed E-state index contributed by atoms with van der Waals surface area (Å²) in [4.78, 5) is 28.0. The second-order valence-corrected chi connectivity index (χ2v) is 3.84. The summed E-state index contributed by atoms with van der Waals surface area (Å²) in [7, 11) is 1.70. The van der Waals surface area contributed by atoms with Gasteiger partial charge in [-0.25, -0.2) is 0 Å². The maximum atomic E-state index is 11.7. The zero-order valence-corrected chi connectivity index (χ0v) is 9.80. The van der Waals surface area contributed by atoms with Crippen molar-refractivity contribution >= 4 is 11.7 Å². The lowest BCUT2D eigenvalue weighted by Gasteiger charge is -2.24. The summed E-state index contributed by atoms with van der Waals surface area (Å²) in [5, 5.41) is 0. The van der Waals surface area contributed by atoms with Gasteiger partial charge in [0.25, 0.3) is 0 Å². The number of ketones is 1. The van der Waals surface area contributed by atoms with Crippen LogP contribution in [0.1, 0.15) is 31.9 Å². The van der Waals surface area contributed by atoms with Crippen LogP contribution in [0.25, 0.3) is 0 Å². The second kappa shape index (κ2) is 5.39. The third kappa shape index (κ3) is 3.15. The first kappa shape index (κ1) is 12.4. The van der Waals surface area contributed by atoms with Crippen LogP contribution in [0.15, 0.2) is 24.5 Å². The van der Waals surface area contributed by atoms with Gasteiger partial charge in [-0.05, 0) is 31.5 Å². The standard InChI is InChI=1S/C12H16N2O2/c1-9(15)8-12(16)14(3)10(2)11-4-6-13-7-5-11/h4-7,10H,8H2,1-3H3. The Bertz CT molecular complexity index is 376. The topological polar surface area (TPSA) is 50.3 Å². The van der Waals surface area contributed by atoms with E-state index in [1.54, 1.807) is 24.3 Å². The molecule has 0 fully saturated rings. The van der Waals surface area contributed by atoms with Crippen LogP contribution in [0.5, 0.6) is 0 Å². The molecule has 0 saturated carbocycles. The molecule has 1 amide bonds. The number of hydrogen-bond donors (Lipinski definition) is 0. The Hall–Kier alpha value is -1.71. The average molecular weight is 220 g/mol. The summed E-state index contributed by atoms with van der Waals surface area (Å²) in [6.45, 7) is 3.34. The minimum Gasteiger partial charge on any atom is -0.339 e. The molecule has 1 atom stereocenters. The van der Waals surface area contributed by atoms with Crippen molar-refractivity contribution in [2.75, 3.05) is 7.05 Å². The van der Waals surface area contributed by atoms with Crippen molar-refractivity contribution in [2.45, 2.75) is 26.3 Å². The Kier molecular flexibility index (Phi) is 4.17. The largest absolute Gasteiger partial charge is 0.339 e. The first-order valence-electron chi connectivity index (χ1n) is 5.17. The van der Waals surface area contributed by atoms with E-state index in [0.29, 0.717) is 0 Å². The van der Waals surface area contributed by atoms with Gasteiger partial charge in [-0.15, -0.1) is 0 Å². The summed E-state index contributed by atoms with van der Waals surface area (Å²) in [5.41, 5.74) is 1.01. The maximum absolute atomic E-state index is 11.7. The first-order chi connectivity index (χ1) is 7.52. The molecule has 0 aromatic carbocycles. The van der Waals surface area contributed by atoms with Crippen LogP contribution in [-0.4, -0.2) is 28.6 Å². The molecule has 86 valence electrons. The monoisotopic (exact) mass is 220 g/mol. The van der Waals surface area contributed by atoms with Gasteiger partial charge in [0.1, 0.15) is 5.78 Å². The molecule has 0 spiro atoms. The second-order valence-electron chi connectivity index (χ2n) is 3.84. The van der Waals surface area contributed by atoms with Gasteiger partial charge in [-0.1, -0.05) is 0 Å². The summed E-state index contributed by atoms with van der Waals surface area (Å²) >= 11 is 0. The first-order valence-corrected chi connectivity index (χ1v) is 5.17. The van der Waals surface area contributed by atoms with Crippen LogP contribution in [0, 0.1) is 0 Å². The summed E-state index contributed by atoms with van der Waals surface area (Å²) in [5.74, 6) is -0.268. The van der Waals surface area contributed by atoms with Gasteiger partial charge in [-0.3, -0.25) is 14.6 Å². The molecule has 1 rings (SSSR count). The predicted molar refractivity (Wildman–Crippen MR) is 60.7 cm³/mol. The van der Waals surface area contributed by atoms with Crippen molar-refractivity contribution in [3.05, 3.63) is 30.1 Å². The minimum absolute atomic E-state index is 0.0358. The summed E-state index contributed by atoms with van der Waals surface area (Å²) in [6, 6.07) is 3.68. The molecule has 16 heavy (non-hydrogen) atoms. The molecule has 0 aliphatic rings. The molecule has 1 aromatic rings. The molecule has 0 aliphatic carbocycles. The fourth-order valence-corrected chi connectivity index (χ4v) is 1.42. The SMILES string of the molecule is CC(=O)CC(=O)N(C)C(C)c1ccncc1. The Morgan fingerprint density at radius 2 is 1.94 bits per heavy atom. The fourth-order valence-electron chi connectivity index (χ4n) is 1.42. The van der Waals surface area contributed by atoms with Gasteiger partial charge in [-0.2, -0.15) is 0 Å². The van der Waals surface area contributed by atoms with Gasteiger partial charge in [0.15, 0.2) is 0 Å². The van der Waals surface area contributed by atoms with E-state index in [4.69, 9.17) is 0 Å². The molecule has 4 heteroatoms. The normalized spacial score (nSPS) is 11.9. The molecule has 4 nitrogen and oxygen atoms in total. The Labute approximate surface area is 95.3 Å². The highest BCUT2D eigenvalue weighted by atomic mass is 16.2. The molecular weight excluding hydrogens is 204 g/mol. The molecule has 1 heterocycles. The molecular formula is C12H16N2O2. The number of rotatable bonds is 4. The van der Waals surface area contributed by atoms with Crippen LogP contribution in [0.3, 0.4) is 0 Å². The molecule has 0 saturated heterocycles. The lowest BCUT2D eigenvalue weighted by atomic mass is 10.1. The lowest BCUT2D eigenvalue weighted by Crippen LogP contribution is -2.30. The maximum Gasteiger partial charge on any atom is 0.230 e. The van der Waals surface area contributed by atoms with E-state index in [-0.39, 0.29) is 24.2 Å². The third-order valence-electron chi connectivity index (χ3n) is 2.56. The molecule has 0 radical (unpaired) electrons. The quantitative estimate of drug-likeness (QED) is 0.724. The smallest absolute Gasteiger partial charge is 0.230 e.